The van der Waals surface area contributed by atoms with E-state index in [1.54, 1.807) is 13.8 Å². The second-order valence-corrected chi connectivity index (χ2v) is 6.97. The Balaban J connectivity index is 3.18. The zero-order valence-corrected chi connectivity index (χ0v) is 17.2. The van der Waals surface area contributed by atoms with Crippen molar-refractivity contribution in [3.8, 4) is 5.75 Å². The van der Waals surface area contributed by atoms with E-state index < -0.39 is 23.7 Å². The molecule has 0 saturated carbocycles. The molecule has 1 aromatic carbocycles. The Morgan fingerprint density at radius 3 is 2.21 bits per heavy atom. The second-order valence-electron chi connectivity index (χ2n) is 6.97. The first kappa shape index (κ1) is 24.6. The molecular weight excluding hydrogens is 389 g/mol. The summed E-state index contributed by atoms with van der Waals surface area (Å²) in [5.74, 6) is -2.26. The third-order valence-corrected chi connectivity index (χ3v) is 3.88. The largest absolute Gasteiger partial charge is 0.494 e. The van der Waals surface area contributed by atoms with Crippen LogP contribution in [0.5, 0.6) is 5.75 Å². The molecule has 1 atom stereocenters. The van der Waals surface area contributed by atoms with Crippen LogP contribution in [0.1, 0.15) is 47.0 Å². The summed E-state index contributed by atoms with van der Waals surface area (Å²) in [6.45, 7) is 6.98. The smallest absolute Gasteiger partial charge is 0.441 e. The summed E-state index contributed by atoms with van der Waals surface area (Å²) in [5, 5.41) is 3.94. The summed E-state index contributed by atoms with van der Waals surface area (Å²) in [6, 6.07) is 5.66. The number of nitrogens with one attached hydrogen (secondary N) is 2. The normalized spacial score (nSPS) is 13.5. The lowest BCUT2D eigenvalue weighted by molar-refractivity contribution is -0.208. The number of benzene rings is 1. The summed E-state index contributed by atoms with van der Waals surface area (Å²) < 4.78 is 52.2. The number of alkyl halides is 3. The van der Waals surface area contributed by atoms with Gasteiger partial charge in [-0.3, -0.25) is 4.79 Å². The maximum absolute atomic E-state index is 14.0. The van der Waals surface area contributed by atoms with Crippen molar-refractivity contribution in [3.05, 3.63) is 24.3 Å². The Bertz CT molecular complexity index is 663. The van der Waals surface area contributed by atoms with Gasteiger partial charge in [-0.15, -0.1) is 0 Å². The van der Waals surface area contributed by atoms with Gasteiger partial charge in [-0.25, -0.2) is 4.79 Å². The lowest BCUT2D eigenvalue weighted by Gasteiger charge is -2.35. The highest BCUT2D eigenvalue weighted by atomic mass is 19.4. The van der Waals surface area contributed by atoms with Crippen LogP contribution in [0.25, 0.3) is 0 Å². The summed E-state index contributed by atoms with van der Waals surface area (Å²) in [7, 11) is 0. The number of hydrogen-bond acceptors (Lipinski definition) is 5. The van der Waals surface area contributed by atoms with Gasteiger partial charge in [0, 0.05) is 12.1 Å². The molecule has 0 aromatic heterocycles. The van der Waals surface area contributed by atoms with Crippen molar-refractivity contribution in [2.45, 2.75) is 58.8 Å². The summed E-state index contributed by atoms with van der Waals surface area (Å²) in [4.78, 5) is 24.5. The topological polar surface area (TPSA) is 76.7 Å². The summed E-state index contributed by atoms with van der Waals surface area (Å²) >= 11 is 0. The van der Waals surface area contributed by atoms with Gasteiger partial charge in [0.25, 0.3) is 0 Å². The van der Waals surface area contributed by atoms with Gasteiger partial charge in [0.1, 0.15) is 5.75 Å². The summed E-state index contributed by atoms with van der Waals surface area (Å²) in [5.41, 5.74) is -3.43. The highest BCUT2D eigenvalue weighted by Crippen LogP contribution is 2.34. The van der Waals surface area contributed by atoms with Gasteiger partial charge in [0.15, 0.2) is 0 Å². The lowest BCUT2D eigenvalue weighted by atomic mass is 10.1. The van der Waals surface area contributed by atoms with E-state index in [4.69, 9.17) is 4.74 Å². The molecule has 0 unspecified atom stereocenters. The van der Waals surface area contributed by atoms with Crippen LogP contribution >= 0.6 is 0 Å². The highest BCUT2D eigenvalue weighted by Gasteiger charge is 2.63. The van der Waals surface area contributed by atoms with Crippen LogP contribution in [0.15, 0.2) is 24.3 Å². The number of hydrogen-bond donors (Lipinski definition) is 2. The van der Waals surface area contributed by atoms with Gasteiger partial charge < -0.3 is 20.1 Å². The molecule has 0 aliphatic heterocycles. The van der Waals surface area contributed by atoms with E-state index in [1.807, 2.05) is 12.2 Å². The van der Waals surface area contributed by atoms with Crippen LogP contribution in [0, 0.1) is 5.92 Å². The molecule has 0 aliphatic carbocycles. The SMILES string of the molecule is CCCCOc1ccc(N[C@](NC(=O)CC(C)C)(C(=O)OCC)C(F)(F)F)cc1. The number of carbonyl (C=O) groups excluding carboxylic acids is 2. The number of halogens is 3. The molecule has 1 rings (SSSR count). The van der Waals surface area contributed by atoms with Gasteiger partial charge >= 0.3 is 17.8 Å². The van der Waals surface area contributed by atoms with E-state index in [0.29, 0.717) is 12.4 Å². The van der Waals surface area contributed by atoms with Crippen molar-refractivity contribution < 1.29 is 32.2 Å². The van der Waals surface area contributed by atoms with Crippen molar-refractivity contribution in [1.82, 2.24) is 5.32 Å². The summed E-state index contributed by atoms with van der Waals surface area (Å²) in [6.07, 6.45) is -3.53. The van der Waals surface area contributed by atoms with Crippen molar-refractivity contribution >= 4 is 17.6 Å². The third kappa shape index (κ3) is 7.14. The Hall–Kier alpha value is -2.45. The van der Waals surface area contributed by atoms with E-state index in [1.165, 1.54) is 31.2 Å². The number of amides is 1. The van der Waals surface area contributed by atoms with Crippen molar-refractivity contribution in [2.75, 3.05) is 18.5 Å². The molecule has 0 aliphatic rings. The van der Waals surface area contributed by atoms with Gasteiger partial charge in [0.2, 0.25) is 5.91 Å². The molecular formula is C20H29F3N2O4. The van der Waals surface area contributed by atoms with Crippen LogP contribution in [-0.2, 0) is 14.3 Å². The van der Waals surface area contributed by atoms with E-state index in [-0.39, 0.29) is 24.6 Å². The Kier molecular flexibility index (Phi) is 9.26. The maximum atomic E-state index is 14.0. The predicted octanol–water partition coefficient (Wildman–Crippen LogP) is 4.26. The van der Waals surface area contributed by atoms with Crippen molar-refractivity contribution in [2.24, 2.45) is 5.92 Å². The highest BCUT2D eigenvalue weighted by molar-refractivity contribution is 5.91. The Labute approximate surface area is 169 Å². The van der Waals surface area contributed by atoms with E-state index >= 15 is 0 Å². The average molecular weight is 418 g/mol. The quantitative estimate of drug-likeness (QED) is 0.319. The minimum absolute atomic E-state index is 0.0249. The number of ether oxygens (including phenoxy) is 2. The van der Waals surface area contributed by atoms with Crippen LogP contribution in [-0.4, -0.2) is 36.9 Å². The third-order valence-electron chi connectivity index (χ3n) is 3.88. The second kappa shape index (κ2) is 10.9. The fraction of sp³-hybridized carbons (Fsp3) is 0.600. The monoisotopic (exact) mass is 418 g/mol. The standard InChI is InChI=1S/C20H29F3N2O4/c1-5-7-12-29-16-10-8-15(9-11-16)24-19(20(21,22)23,18(27)28-6-2)25-17(26)13-14(3)4/h8-11,14,24H,5-7,12-13H2,1-4H3,(H,25,26)/t19-/m0/s1. The fourth-order valence-corrected chi connectivity index (χ4v) is 2.45. The Morgan fingerprint density at radius 1 is 1.10 bits per heavy atom. The van der Waals surface area contributed by atoms with Crippen molar-refractivity contribution in [3.63, 3.8) is 0 Å². The molecule has 164 valence electrons. The van der Waals surface area contributed by atoms with Gasteiger partial charge in [-0.2, -0.15) is 13.2 Å². The molecule has 0 radical (unpaired) electrons. The minimum atomic E-state index is -5.15. The number of carbonyl (C=O) groups is 2. The zero-order valence-electron chi connectivity index (χ0n) is 17.2. The van der Waals surface area contributed by atoms with Gasteiger partial charge in [-0.1, -0.05) is 27.2 Å². The van der Waals surface area contributed by atoms with Crippen LogP contribution in [0.2, 0.25) is 0 Å². The predicted molar refractivity (Wildman–Crippen MR) is 103 cm³/mol. The molecule has 6 nitrogen and oxygen atoms in total. The van der Waals surface area contributed by atoms with Crippen LogP contribution in [0.3, 0.4) is 0 Å². The number of esters is 1. The molecule has 0 bridgehead atoms. The molecule has 0 fully saturated rings. The average Bonchev–Trinajstić information content (AvgIpc) is 2.61. The maximum Gasteiger partial charge on any atom is 0.441 e. The van der Waals surface area contributed by atoms with Gasteiger partial charge in [-0.05, 0) is 43.5 Å². The van der Waals surface area contributed by atoms with Crippen molar-refractivity contribution in [1.29, 1.82) is 0 Å². The van der Waals surface area contributed by atoms with Crippen LogP contribution < -0.4 is 15.4 Å². The molecule has 29 heavy (non-hydrogen) atoms. The molecule has 0 saturated heterocycles. The first-order valence-electron chi connectivity index (χ1n) is 9.61. The van der Waals surface area contributed by atoms with E-state index in [2.05, 4.69) is 10.1 Å². The molecule has 9 heteroatoms. The van der Waals surface area contributed by atoms with Crippen LogP contribution in [0.4, 0.5) is 18.9 Å². The molecule has 2 N–H and O–H groups in total. The molecule has 0 spiro atoms. The number of unbranched alkanes of at least 4 members (excludes halogenated alkanes) is 1. The molecule has 1 amide bonds. The molecule has 0 heterocycles. The van der Waals surface area contributed by atoms with Gasteiger partial charge in [0.05, 0.1) is 13.2 Å². The first-order valence-corrected chi connectivity index (χ1v) is 9.61. The fourth-order valence-electron chi connectivity index (χ4n) is 2.45. The zero-order chi connectivity index (χ0) is 22.1. The van der Waals surface area contributed by atoms with E-state index in [9.17, 15) is 22.8 Å². The molecule has 1 aromatic rings. The minimum Gasteiger partial charge on any atom is -0.494 e. The first-order chi connectivity index (χ1) is 13.6. The number of anilines is 1. The van der Waals surface area contributed by atoms with E-state index in [0.717, 1.165) is 12.8 Å². The number of rotatable bonds is 11. The Morgan fingerprint density at radius 2 is 1.72 bits per heavy atom. The lowest BCUT2D eigenvalue weighted by Crippen LogP contribution is -2.69.